The molecule has 144 valence electrons. The second kappa shape index (κ2) is 11.3. The van der Waals surface area contributed by atoms with E-state index < -0.39 is 0 Å². The molecule has 0 aliphatic carbocycles. The molecule has 0 atom stereocenters. The first-order valence-electron chi connectivity index (χ1n) is 8.67. The summed E-state index contributed by atoms with van der Waals surface area (Å²) in [7, 11) is 1.68. The summed E-state index contributed by atoms with van der Waals surface area (Å²) in [5, 5.41) is 9.11. The monoisotopic (exact) mass is 435 g/mol. The van der Waals surface area contributed by atoms with E-state index >= 15 is 0 Å². The molecule has 0 unspecified atom stereocenters. The molecule has 0 radical (unpaired) electrons. The molecular weight excluding hydrogens is 413 g/mol. The first-order valence-corrected chi connectivity index (χ1v) is 9.46. The molecule has 2 aromatic rings. The van der Waals surface area contributed by atoms with Crippen LogP contribution in [0, 0.1) is 5.82 Å². The number of amides is 1. The highest BCUT2D eigenvalue weighted by Gasteiger charge is 2.05. The van der Waals surface area contributed by atoms with Crippen molar-refractivity contribution in [1.29, 1.82) is 0 Å². The summed E-state index contributed by atoms with van der Waals surface area (Å²) in [5.74, 6) is 0.280. The van der Waals surface area contributed by atoms with Gasteiger partial charge in [0.25, 0.3) is 5.91 Å². The molecular formula is C19H23BrFN5O. The number of hydrogen-bond donors (Lipinski definition) is 3. The Morgan fingerprint density at radius 1 is 1.19 bits per heavy atom. The maximum atomic E-state index is 13.8. The zero-order chi connectivity index (χ0) is 19.5. The lowest BCUT2D eigenvalue weighted by Crippen LogP contribution is -2.41. The Hall–Kier alpha value is -2.48. The summed E-state index contributed by atoms with van der Waals surface area (Å²) >= 11 is 3.25. The van der Waals surface area contributed by atoms with Gasteiger partial charge in [-0.15, -0.1) is 0 Å². The van der Waals surface area contributed by atoms with Crippen molar-refractivity contribution >= 4 is 27.8 Å². The molecule has 0 bridgehead atoms. The largest absolute Gasteiger partial charge is 0.356 e. The number of nitrogens with zero attached hydrogens (tertiary/aromatic N) is 2. The first-order chi connectivity index (χ1) is 13.1. The third-order valence-corrected chi connectivity index (χ3v) is 4.27. The fourth-order valence-corrected chi connectivity index (χ4v) is 2.72. The zero-order valence-corrected chi connectivity index (χ0v) is 16.7. The van der Waals surface area contributed by atoms with Crippen molar-refractivity contribution in [3.63, 3.8) is 0 Å². The minimum Gasteiger partial charge on any atom is -0.356 e. The van der Waals surface area contributed by atoms with Crippen LogP contribution in [-0.4, -0.2) is 43.5 Å². The highest BCUT2D eigenvalue weighted by Crippen LogP contribution is 2.16. The molecule has 2 rings (SSSR count). The highest BCUT2D eigenvalue weighted by molar-refractivity contribution is 9.10. The SMILES string of the molecule is CN=C(NCCCc1ccc(Br)cc1F)NCCNC(=O)c1cccnc1. The Bertz CT molecular complexity index is 770. The fourth-order valence-electron chi connectivity index (χ4n) is 2.39. The number of aryl methyl sites for hydroxylation is 1. The molecule has 0 saturated heterocycles. The van der Waals surface area contributed by atoms with Gasteiger partial charge in [-0.05, 0) is 42.7 Å². The van der Waals surface area contributed by atoms with Gasteiger partial charge in [0.2, 0.25) is 0 Å². The van der Waals surface area contributed by atoms with E-state index in [2.05, 4.69) is 41.9 Å². The lowest BCUT2D eigenvalue weighted by atomic mass is 10.1. The van der Waals surface area contributed by atoms with Crippen LogP contribution in [0.1, 0.15) is 22.3 Å². The van der Waals surface area contributed by atoms with Crippen molar-refractivity contribution < 1.29 is 9.18 Å². The van der Waals surface area contributed by atoms with Crippen molar-refractivity contribution in [3.05, 3.63) is 64.1 Å². The van der Waals surface area contributed by atoms with Crippen molar-refractivity contribution in [2.24, 2.45) is 4.99 Å². The van der Waals surface area contributed by atoms with Gasteiger partial charge in [-0.25, -0.2) is 4.39 Å². The molecule has 0 aliphatic heterocycles. The molecule has 1 heterocycles. The number of guanidine groups is 1. The second-order valence-electron chi connectivity index (χ2n) is 5.76. The van der Waals surface area contributed by atoms with E-state index in [0.29, 0.717) is 43.1 Å². The Labute approximate surface area is 166 Å². The van der Waals surface area contributed by atoms with Crippen molar-refractivity contribution in [2.45, 2.75) is 12.8 Å². The first kappa shape index (κ1) is 20.8. The van der Waals surface area contributed by atoms with E-state index in [4.69, 9.17) is 0 Å². The number of aromatic nitrogens is 1. The smallest absolute Gasteiger partial charge is 0.252 e. The van der Waals surface area contributed by atoms with Crippen LogP contribution in [0.5, 0.6) is 0 Å². The maximum Gasteiger partial charge on any atom is 0.252 e. The zero-order valence-electron chi connectivity index (χ0n) is 15.1. The van der Waals surface area contributed by atoms with E-state index in [1.165, 1.54) is 12.3 Å². The molecule has 0 fully saturated rings. The van der Waals surface area contributed by atoms with Crippen molar-refractivity contribution in [3.8, 4) is 0 Å². The molecule has 1 aromatic carbocycles. The quantitative estimate of drug-likeness (QED) is 0.338. The predicted molar refractivity (Wildman–Crippen MR) is 108 cm³/mol. The maximum absolute atomic E-state index is 13.8. The number of nitrogens with one attached hydrogen (secondary N) is 3. The van der Waals surface area contributed by atoms with Crippen LogP contribution < -0.4 is 16.0 Å². The van der Waals surface area contributed by atoms with Crippen LogP contribution in [0.2, 0.25) is 0 Å². The molecule has 27 heavy (non-hydrogen) atoms. The number of hydrogen-bond acceptors (Lipinski definition) is 3. The minimum absolute atomic E-state index is 0.163. The average molecular weight is 436 g/mol. The molecule has 3 N–H and O–H groups in total. The van der Waals surface area contributed by atoms with Gasteiger partial charge in [-0.1, -0.05) is 22.0 Å². The number of pyridine rings is 1. The third kappa shape index (κ3) is 7.34. The molecule has 1 amide bonds. The second-order valence-corrected chi connectivity index (χ2v) is 6.68. The number of benzene rings is 1. The van der Waals surface area contributed by atoms with Gasteiger partial charge >= 0.3 is 0 Å². The van der Waals surface area contributed by atoms with Gasteiger partial charge in [0.05, 0.1) is 5.56 Å². The van der Waals surface area contributed by atoms with E-state index in [9.17, 15) is 9.18 Å². The van der Waals surface area contributed by atoms with E-state index in [0.717, 1.165) is 10.9 Å². The van der Waals surface area contributed by atoms with Gasteiger partial charge in [0, 0.05) is 43.5 Å². The van der Waals surface area contributed by atoms with Crippen LogP contribution in [0.4, 0.5) is 4.39 Å². The van der Waals surface area contributed by atoms with Crippen LogP contribution in [0.25, 0.3) is 0 Å². The van der Waals surface area contributed by atoms with Gasteiger partial charge in [0.15, 0.2) is 5.96 Å². The summed E-state index contributed by atoms with van der Waals surface area (Å²) in [6.45, 7) is 1.66. The van der Waals surface area contributed by atoms with Crippen LogP contribution in [0.3, 0.4) is 0 Å². The molecule has 0 spiro atoms. The summed E-state index contributed by atoms with van der Waals surface area (Å²) in [6.07, 6.45) is 4.57. The number of halogens is 2. The van der Waals surface area contributed by atoms with Crippen LogP contribution in [-0.2, 0) is 6.42 Å². The van der Waals surface area contributed by atoms with E-state index in [-0.39, 0.29) is 11.7 Å². The normalized spacial score (nSPS) is 11.1. The molecule has 1 aromatic heterocycles. The lowest BCUT2D eigenvalue weighted by Gasteiger charge is -2.12. The predicted octanol–water partition coefficient (Wildman–Crippen LogP) is 2.51. The fraction of sp³-hybridized carbons (Fsp3) is 0.316. The van der Waals surface area contributed by atoms with Crippen molar-refractivity contribution in [2.75, 3.05) is 26.7 Å². The Kier molecular flexibility index (Phi) is 8.70. The lowest BCUT2D eigenvalue weighted by molar-refractivity contribution is 0.0954. The molecule has 8 heteroatoms. The van der Waals surface area contributed by atoms with Crippen molar-refractivity contribution in [1.82, 2.24) is 20.9 Å². The summed E-state index contributed by atoms with van der Waals surface area (Å²) in [6, 6.07) is 8.54. The number of rotatable bonds is 8. The van der Waals surface area contributed by atoms with Gasteiger partial charge in [-0.3, -0.25) is 14.8 Å². The van der Waals surface area contributed by atoms with Gasteiger partial charge in [-0.2, -0.15) is 0 Å². The highest BCUT2D eigenvalue weighted by atomic mass is 79.9. The van der Waals surface area contributed by atoms with E-state index in [1.54, 1.807) is 31.4 Å². The van der Waals surface area contributed by atoms with Gasteiger partial charge < -0.3 is 16.0 Å². The minimum atomic E-state index is -0.198. The van der Waals surface area contributed by atoms with Crippen LogP contribution >= 0.6 is 15.9 Å². The average Bonchev–Trinajstić information content (AvgIpc) is 2.68. The number of carbonyl (C=O) groups is 1. The Balaban J connectivity index is 1.62. The Morgan fingerprint density at radius 3 is 2.67 bits per heavy atom. The summed E-state index contributed by atoms with van der Waals surface area (Å²) < 4.78 is 14.5. The van der Waals surface area contributed by atoms with Gasteiger partial charge in [0.1, 0.15) is 5.82 Å². The third-order valence-electron chi connectivity index (χ3n) is 3.78. The topological polar surface area (TPSA) is 78.4 Å². The number of aliphatic imine (C=N–C) groups is 1. The summed E-state index contributed by atoms with van der Waals surface area (Å²) in [4.78, 5) is 19.9. The standard InChI is InChI=1S/C19H23BrFN5O/c1-22-19(25-9-3-4-14-6-7-16(20)12-17(14)21)26-11-10-24-18(27)15-5-2-8-23-13-15/h2,5-8,12-13H,3-4,9-11H2,1H3,(H,24,27)(H2,22,25,26). The Morgan fingerprint density at radius 2 is 1.96 bits per heavy atom. The molecule has 0 saturated carbocycles. The molecule has 0 aliphatic rings. The van der Waals surface area contributed by atoms with E-state index in [1.807, 2.05) is 6.07 Å². The van der Waals surface area contributed by atoms with Crippen LogP contribution in [0.15, 0.2) is 52.2 Å². The molecule has 6 nitrogen and oxygen atoms in total. The number of carbonyl (C=O) groups excluding carboxylic acids is 1. The summed E-state index contributed by atoms with van der Waals surface area (Å²) in [5.41, 5.74) is 1.22.